The number of rotatable bonds is 8. The normalized spacial score (nSPS) is 12.8. The fraction of sp³-hybridized carbons (Fsp3) is 0.538. The van der Waals surface area contributed by atoms with Gasteiger partial charge in [0.2, 0.25) is 5.75 Å². The van der Waals surface area contributed by atoms with Crippen LogP contribution in [0.3, 0.4) is 0 Å². The summed E-state index contributed by atoms with van der Waals surface area (Å²) < 4.78 is 38.4. The SMILES string of the molecule is COc1cc(C(CCS(C)(=O)=O)NN)cc(OC)c1OC. The molecule has 0 spiro atoms. The number of hydrazine groups is 1. The highest BCUT2D eigenvalue weighted by molar-refractivity contribution is 7.90. The van der Waals surface area contributed by atoms with Crippen molar-refractivity contribution in [2.45, 2.75) is 12.5 Å². The van der Waals surface area contributed by atoms with Gasteiger partial charge >= 0.3 is 0 Å². The molecule has 0 heterocycles. The molecule has 1 rings (SSSR count). The van der Waals surface area contributed by atoms with Gasteiger partial charge in [-0.3, -0.25) is 11.3 Å². The van der Waals surface area contributed by atoms with E-state index < -0.39 is 9.84 Å². The molecule has 0 saturated heterocycles. The first-order valence-corrected chi connectivity index (χ1v) is 8.36. The Balaban J connectivity index is 3.15. The topological polar surface area (TPSA) is 99.9 Å². The predicted molar refractivity (Wildman–Crippen MR) is 80.5 cm³/mol. The summed E-state index contributed by atoms with van der Waals surface area (Å²) in [5, 5.41) is 0. The number of benzene rings is 1. The monoisotopic (exact) mass is 318 g/mol. The standard InChI is InChI=1S/C13H22N2O5S/c1-18-11-7-9(8-12(19-2)13(11)20-3)10(15-14)5-6-21(4,16)17/h7-8,10,15H,5-6,14H2,1-4H3. The van der Waals surface area contributed by atoms with Crippen LogP contribution in [0.5, 0.6) is 17.2 Å². The average Bonchev–Trinajstić information content (AvgIpc) is 2.45. The van der Waals surface area contributed by atoms with Crippen LogP contribution in [0.25, 0.3) is 0 Å². The molecule has 0 saturated carbocycles. The molecule has 0 amide bonds. The Morgan fingerprint density at radius 3 is 2.00 bits per heavy atom. The number of nitrogens with two attached hydrogens (primary N) is 1. The zero-order valence-electron chi connectivity index (χ0n) is 12.7. The predicted octanol–water partition coefficient (Wildman–Crippen LogP) is 0.652. The van der Waals surface area contributed by atoms with E-state index in [1.807, 2.05) is 0 Å². The molecule has 1 aromatic rings. The Morgan fingerprint density at radius 1 is 1.14 bits per heavy atom. The number of hydrogen-bond acceptors (Lipinski definition) is 7. The second kappa shape index (κ2) is 7.48. The quantitative estimate of drug-likeness (QED) is 0.536. The zero-order chi connectivity index (χ0) is 16.0. The molecule has 0 aromatic heterocycles. The van der Waals surface area contributed by atoms with Crippen LogP contribution in [0.15, 0.2) is 12.1 Å². The maximum Gasteiger partial charge on any atom is 0.203 e. The molecule has 0 aliphatic carbocycles. The van der Waals surface area contributed by atoms with Gasteiger partial charge in [0.25, 0.3) is 0 Å². The molecule has 0 aliphatic heterocycles. The maximum absolute atomic E-state index is 11.3. The summed E-state index contributed by atoms with van der Waals surface area (Å²) in [6.45, 7) is 0. The van der Waals surface area contributed by atoms with E-state index >= 15 is 0 Å². The highest BCUT2D eigenvalue weighted by Gasteiger charge is 2.19. The van der Waals surface area contributed by atoms with E-state index in [9.17, 15) is 8.42 Å². The summed E-state index contributed by atoms with van der Waals surface area (Å²) >= 11 is 0. The van der Waals surface area contributed by atoms with E-state index in [2.05, 4.69) is 5.43 Å². The van der Waals surface area contributed by atoms with Gasteiger partial charge in [0, 0.05) is 12.3 Å². The molecule has 0 aliphatic rings. The Labute approximate surface area is 125 Å². The highest BCUT2D eigenvalue weighted by Crippen LogP contribution is 2.40. The molecular formula is C13H22N2O5S. The molecule has 0 bridgehead atoms. The summed E-state index contributed by atoms with van der Waals surface area (Å²) in [5.41, 5.74) is 3.37. The minimum absolute atomic E-state index is 0.0263. The van der Waals surface area contributed by atoms with Crippen LogP contribution < -0.4 is 25.5 Å². The highest BCUT2D eigenvalue weighted by atomic mass is 32.2. The van der Waals surface area contributed by atoms with Crippen LogP contribution in [-0.4, -0.2) is 41.8 Å². The molecule has 7 nitrogen and oxygen atoms in total. The Morgan fingerprint density at radius 2 is 1.67 bits per heavy atom. The van der Waals surface area contributed by atoms with Crippen molar-refractivity contribution in [1.29, 1.82) is 0 Å². The van der Waals surface area contributed by atoms with E-state index in [1.54, 1.807) is 12.1 Å². The average molecular weight is 318 g/mol. The fourth-order valence-corrected chi connectivity index (χ4v) is 2.64. The van der Waals surface area contributed by atoms with Crippen LogP contribution in [0.2, 0.25) is 0 Å². The molecule has 0 fully saturated rings. The fourth-order valence-electron chi connectivity index (χ4n) is 1.98. The first-order valence-electron chi connectivity index (χ1n) is 6.30. The molecular weight excluding hydrogens is 296 g/mol. The minimum atomic E-state index is -3.06. The van der Waals surface area contributed by atoms with Crippen molar-refractivity contribution >= 4 is 9.84 Å². The molecule has 21 heavy (non-hydrogen) atoms. The molecule has 3 N–H and O–H groups in total. The van der Waals surface area contributed by atoms with Crippen LogP contribution in [0.4, 0.5) is 0 Å². The van der Waals surface area contributed by atoms with Crippen molar-refractivity contribution < 1.29 is 22.6 Å². The first-order chi connectivity index (χ1) is 9.86. The number of methoxy groups -OCH3 is 3. The van der Waals surface area contributed by atoms with Crippen LogP contribution >= 0.6 is 0 Å². The number of hydrogen-bond donors (Lipinski definition) is 2. The van der Waals surface area contributed by atoms with E-state index in [4.69, 9.17) is 20.1 Å². The smallest absolute Gasteiger partial charge is 0.203 e. The van der Waals surface area contributed by atoms with Gasteiger partial charge in [0.15, 0.2) is 11.5 Å². The lowest BCUT2D eigenvalue weighted by Crippen LogP contribution is -2.29. The van der Waals surface area contributed by atoms with Crippen molar-refractivity contribution in [2.24, 2.45) is 5.84 Å². The maximum atomic E-state index is 11.3. The largest absolute Gasteiger partial charge is 0.493 e. The van der Waals surface area contributed by atoms with Gasteiger partial charge in [0.05, 0.1) is 27.1 Å². The van der Waals surface area contributed by atoms with Gasteiger partial charge in [-0.1, -0.05) is 0 Å². The first kappa shape index (κ1) is 17.5. The van der Waals surface area contributed by atoms with Gasteiger partial charge in [-0.15, -0.1) is 0 Å². The lowest BCUT2D eigenvalue weighted by molar-refractivity contribution is 0.323. The van der Waals surface area contributed by atoms with Crippen LogP contribution in [0.1, 0.15) is 18.0 Å². The van der Waals surface area contributed by atoms with Gasteiger partial charge in [-0.05, 0) is 24.1 Å². The summed E-state index contributed by atoms with van der Waals surface area (Å²) in [7, 11) is 1.48. The van der Waals surface area contributed by atoms with E-state index in [1.165, 1.54) is 27.6 Å². The van der Waals surface area contributed by atoms with Crippen molar-refractivity contribution in [1.82, 2.24) is 5.43 Å². The van der Waals surface area contributed by atoms with Crippen LogP contribution in [-0.2, 0) is 9.84 Å². The Kier molecular flexibility index (Phi) is 6.25. The molecule has 1 atom stereocenters. The second-order valence-electron chi connectivity index (χ2n) is 4.60. The molecule has 8 heteroatoms. The third kappa shape index (κ3) is 4.76. The van der Waals surface area contributed by atoms with Gasteiger partial charge in [-0.25, -0.2) is 8.42 Å². The summed E-state index contributed by atoms with van der Waals surface area (Å²) in [5.74, 6) is 7.02. The summed E-state index contributed by atoms with van der Waals surface area (Å²) in [4.78, 5) is 0. The van der Waals surface area contributed by atoms with Crippen molar-refractivity contribution in [2.75, 3.05) is 33.3 Å². The van der Waals surface area contributed by atoms with Crippen molar-refractivity contribution in [3.8, 4) is 17.2 Å². The lowest BCUT2D eigenvalue weighted by Gasteiger charge is -2.19. The number of sulfone groups is 1. The zero-order valence-corrected chi connectivity index (χ0v) is 13.5. The number of nitrogens with one attached hydrogen (secondary N) is 1. The van der Waals surface area contributed by atoms with Crippen LogP contribution in [0, 0.1) is 0 Å². The number of ether oxygens (including phenoxy) is 3. The molecule has 120 valence electrons. The third-order valence-corrected chi connectivity index (χ3v) is 4.05. The van der Waals surface area contributed by atoms with Crippen molar-refractivity contribution in [3.63, 3.8) is 0 Å². The third-order valence-electron chi connectivity index (χ3n) is 3.07. The van der Waals surface area contributed by atoms with Gasteiger partial charge in [-0.2, -0.15) is 0 Å². The summed E-state index contributed by atoms with van der Waals surface area (Å²) in [6, 6.07) is 3.15. The second-order valence-corrected chi connectivity index (χ2v) is 6.86. The molecule has 1 unspecified atom stereocenters. The minimum Gasteiger partial charge on any atom is -0.493 e. The molecule has 0 radical (unpaired) electrons. The van der Waals surface area contributed by atoms with E-state index in [-0.39, 0.29) is 11.8 Å². The van der Waals surface area contributed by atoms with Crippen molar-refractivity contribution in [3.05, 3.63) is 17.7 Å². The van der Waals surface area contributed by atoms with E-state index in [0.717, 1.165) is 5.56 Å². The Bertz CT molecular complexity index is 549. The Hall–Kier alpha value is -1.51. The van der Waals surface area contributed by atoms with E-state index in [0.29, 0.717) is 23.7 Å². The van der Waals surface area contributed by atoms with Gasteiger partial charge < -0.3 is 14.2 Å². The summed E-state index contributed by atoms with van der Waals surface area (Å²) in [6.07, 6.45) is 1.53. The van der Waals surface area contributed by atoms with Gasteiger partial charge in [0.1, 0.15) is 9.84 Å². The molecule has 1 aromatic carbocycles. The lowest BCUT2D eigenvalue weighted by atomic mass is 10.0.